The van der Waals surface area contributed by atoms with Crippen molar-refractivity contribution in [2.24, 2.45) is 0 Å². The third-order valence-corrected chi connectivity index (χ3v) is 9.49. The first-order valence-electron chi connectivity index (χ1n) is 13.4. The lowest BCUT2D eigenvalue weighted by molar-refractivity contribution is -0.118. The van der Waals surface area contributed by atoms with Crippen LogP contribution in [0.3, 0.4) is 0 Å². The first kappa shape index (κ1) is 29.5. The molecule has 2 atom stereocenters. The molecule has 0 unspecified atom stereocenters. The maximum atomic E-state index is 13.4. The highest BCUT2D eigenvalue weighted by Gasteiger charge is 2.34. The van der Waals surface area contributed by atoms with Gasteiger partial charge in [-0.2, -0.15) is 5.10 Å². The monoisotopic (exact) mass is 607 g/mol. The Labute approximate surface area is 241 Å². The molecule has 10 heteroatoms. The normalized spacial score (nSPS) is 15.6. The van der Waals surface area contributed by atoms with Gasteiger partial charge in [-0.3, -0.25) is 4.79 Å². The Kier molecular flexibility index (Phi) is 9.64. The summed E-state index contributed by atoms with van der Waals surface area (Å²) < 4.78 is 8.82. The van der Waals surface area contributed by atoms with Gasteiger partial charge in [0.15, 0.2) is 0 Å². The fourth-order valence-electron chi connectivity index (χ4n) is 5.18. The Morgan fingerprint density at radius 1 is 1.23 bits per heavy atom. The molecule has 7 nitrogen and oxygen atoms in total. The van der Waals surface area contributed by atoms with Crippen LogP contribution in [-0.4, -0.2) is 50.0 Å². The van der Waals surface area contributed by atoms with Gasteiger partial charge in [-0.15, -0.1) is 0 Å². The number of nitrogens with one attached hydrogen (secondary N) is 2. The molecule has 1 radical (unpaired) electrons. The number of halogens is 1. The summed E-state index contributed by atoms with van der Waals surface area (Å²) in [5, 5.41) is 10.8. The average Bonchev–Trinajstić information content (AvgIpc) is 3.41. The number of fused-ring (bicyclic) bond motifs is 1. The van der Waals surface area contributed by atoms with Crippen LogP contribution in [0.5, 0.6) is 0 Å². The lowest BCUT2D eigenvalue weighted by atomic mass is 9.87. The number of anilines is 1. The van der Waals surface area contributed by atoms with Gasteiger partial charge in [-0.1, -0.05) is 53.8 Å². The van der Waals surface area contributed by atoms with E-state index in [1.165, 1.54) is 13.0 Å². The Bertz CT molecular complexity index is 1320. The second-order valence-corrected chi connectivity index (χ2v) is 17.9. The fourth-order valence-corrected chi connectivity index (χ4v) is 6.31. The Hall–Kier alpha value is -2.53. The van der Waals surface area contributed by atoms with E-state index in [2.05, 4.69) is 65.2 Å². The van der Waals surface area contributed by atoms with E-state index in [4.69, 9.17) is 9.84 Å². The Morgan fingerprint density at radius 3 is 2.67 bits per heavy atom. The number of nitrogens with zero attached hydrogens (tertiary/aromatic N) is 2. The van der Waals surface area contributed by atoms with Crippen LogP contribution in [0.25, 0.3) is 11.1 Å². The number of ether oxygens (including phenoxy) is 1. The molecule has 4 rings (SSSR count). The van der Waals surface area contributed by atoms with Crippen LogP contribution in [0.2, 0.25) is 25.7 Å². The molecule has 2 N–H and O–H groups in total. The summed E-state index contributed by atoms with van der Waals surface area (Å²) in [5.74, 6) is -0.202. The first-order valence-corrected chi connectivity index (χ1v) is 17.9. The third kappa shape index (κ3) is 7.36. The molecule has 0 saturated carbocycles. The Balaban J connectivity index is 1.45. The van der Waals surface area contributed by atoms with Crippen molar-refractivity contribution in [3.63, 3.8) is 0 Å². The fraction of sp³-hybridized carbons (Fsp3) is 0.414. The van der Waals surface area contributed by atoms with Crippen molar-refractivity contribution in [1.29, 1.82) is 0 Å². The van der Waals surface area contributed by atoms with Gasteiger partial charge < -0.3 is 20.1 Å². The van der Waals surface area contributed by atoms with Gasteiger partial charge in [0.25, 0.3) is 7.41 Å². The summed E-state index contributed by atoms with van der Waals surface area (Å²) in [4.78, 5) is 24.5. The number of hydrogen-bond donors (Lipinski definition) is 2. The summed E-state index contributed by atoms with van der Waals surface area (Å²) in [7, 11) is 0.175. The molecule has 1 heterocycles. The molecule has 3 aromatic rings. The minimum absolute atomic E-state index is 0.0305. The predicted octanol–water partition coefficient (Wildman–Crippen LogP) is 5.68. The lowest BCUT2D eigenvalue weighted by Gasteiger charge is -2.24. The van der Waals surface area contributed by atoms with Crippen molar-refractivity contribution in [1.82, 2.24) is 15.0 Å². The molecule has 1 amide bonds. The number of hydrogen-bond acceptors (Lipinski definition) is 5. The molecule has 0 saturated heterocycles. The van der Waals surface area contributed by atoms with E-state index < -0.39 is 14.1 Å². The van der Waals surface area contributed by atoms with Crippen molar-refractivity contribution < 1.29 is 14.3 Å². The molecule has 0 bridgehead atoms. The number of aryl methyl sites for hydroxylation is 2. The van der Waals surface area contributed by atoms with Gasteiger partial charge in [0.2, 0.25) is 5.91 Å². The predicted molar refractivity (Wildman–Crippen MR) is 165 cm³/mol. The lowest BCUT2D eigenvalue weighted by Crippen LogP contribution is -2.46. The highest BCUT2D eigenvalue weighted by molar-refractivity contribution is 9.10. The highest BCUT2D eigenvalue weighted by Crippen LogP contribution is 2.37. The zero-order valence-electron chi connectivity index (χ0n) is 23.4. The number of amides is 1. The molecule has 0 spiro atoms. The summed E-state index contributed by atoms with van der Waals surface area (Å²) in [6.07, 6.45) is 2.42. The maximum Gasteiger partial charge on any atom is 0.291 e. The van der Waals surface area contributed by atoms with Crippen molar-refractivity contribution in [2.75, 3.05) is 11.9 Å². The van der Waals surface area contributed by atoms with Crippen LogP contribution in [0.4, 0.5) is 5.69 Å². The molecule has 39 heavy (non-hydrogen) atoms. The first-order chi connectivity index (χ1) is 18.6. The maximum absolute atomic E-state index is 13.4. The number of benzene rings is 2. The minimum atomic E-state index is -1.13. The summed E-state index contributed by atoms with van der Waals surface area (Å²) >= 11 is 3.55. The average molecular weight is 608 g/mol. The van der Waals surface area contributed by atoms with E-state index >= 15 is 0 Å². The molecule has 2 aromatic carbocycles. The zero-order chi connectivity index (χ0) is 28.2. The van der Waals surface area contributed by atoms with Crippen LogP contribution >= 0.6 is 15.9 Å². The van der Waals surface area contributed by atoms with E-state index in [0.717, 1.165) is 58.0 Å². The van der Waals surface area contributed by atoms with E-state index in [1.807, 2.05) is 41.9 Å². The molecule has 1 aromatic heterocycles. The van der Waals surface area contributed by atoms with Crippen molar-refractivity contribution in [2.45, 2.75) is 71.1 Å². The van der Waals surface area contributed by atoms with Crippen LogP contribution in [-0.2, 0) is 27.5 Å². The minimum Gasteiger partial charge on any atom is -0.360 e. The second kappa shape index (κ2) is 12.8. The van der Waals surface area contributed by atoms with E-state index in [0.29, 0.717) is 18.6 Å². The standard InChI is InChI=1S/C29H37BBrN4O3Si/c1-19-27(20(2)35(34-19)18-38-14-15-39(3,4)5)22-7-11-24(12-8-22)32-29(37)28(33-30-17-36)25-13-9-21-6-10-23(31)16-26(21)25/h6-8,10-12,16-17,25,28,33H,9,13-15,18H2,1-5H3,(H,32,37)/t25-,28+/m1/s1. The summed E-state index contributed by atoms with van der Waals surface area (Å²) in [6.45, 7) is 12.3. The topological polar surface area (TPSA) is 85.2 Å². The molecule has 0 fully saturated rings. The van der Waals surface area contributed by atoms with Crippen LogP contribution in [0, 0.1) is 13.8 Å². The smallest absolute Gasteiger partial charge is 0.291 e. The van der Waals surface area contributed by atoms with E-state index in [-0.39, 0.29) is 11.8 Å². The van der Waals surface area contributed by atoms with E-state index in [9.17, 15) is 9.59 Å². The molecular formula is C29H37BBrN4O3Si. The molecule has 1 aliphatic carbocycles. The largest absolute Gasteiger partial charge is 0.360 e. The highest BCUT2D eigenvalue weighted by atomic mass is 79.9. The molecule has 0 aliphatic heterocycles. The van der Waals surface area contributed by atoms with Crippen LogP contribution in [0.15, 0.2) is 46.9 Å². The van der Waals surface area contributed by atoms with Gasteiger partial charge in [0.05, 0.1) is 17.9 Å². The van der Waals surface area contributed by atoms with Gasteiger partial charge in [0, 0.05) is 42.0 Å². The quantitative estimate of drug-likeness (QED) is 0.157. The second-order valence-electron chi connectivity index (χ2n) is 11.4. The molecular weight excluding hydrogens is 571 g/mol. The molecule has 1 aliphatic rings. The molecule has 205 valence electrons. The van der Waals surface area contributed by atoms with E-state index in [1.54, 1.807) is 0 Å². The van der Waals surface area contributed by atoms with Gasteiger partial charge >= 0.3 is 0 Å². The zero-order valence-corrected chi connectivity index (χ0v) is 26.0. The number of aromatic nitrogens is 2. The Morgan fingerprint density at radius 2 is 1.97 bits per heavy atom. The van der Waals surface area contributed by atoms with Crippen molar-refractivity contribution >= 4 is 49.2 Å². The van der Waals surface area contributed by atoms with Crippen LogP contribution in [0.1, 0.15) is 34.9 Å². The summed E-state index contributed by atoms with van der Waals surface area (Å²) in [5.41, 5.74) is 7.19. The van der Waals surface area contributed by atoms with Gasteiger partial charge in [-0.25, -0.2) is 4.68 Å². The van der Waals surface area contributed by atoms with Crippen molar-refractivity contribution in [3.8, 4) is 11.1 Å². The third-order valence-electron chi connectivity index (χ3n) is 7.29. The van der Waals surface area contributed by atoms with Crippen molar-refractivity contribution in [3.05, 3.63) is 69.5 Å². The SMILES string of the molecule is Cc1nn(COCC[Si](C)(C)C)c(C)c1-c1ccc(NC(=O)[C@@H](N[B]C=O)[C@@H]2CCc3ccc(Br)cc32)cc1. The number of carbonyl (C=O) groups excluding carboxylic acids is 2. The van der Waals surface area contributed by atoms with Gasteiger partial charge in [0.1, 0.15) is 6.73 Å². The van der Waals surface area contributed by atoms with Gasteiger partial charge in [-0.05, 0) is 73.7 Å². The summed E-state index contributed by atoms with van der Waals surface area (Å²) in [6, 6.07) is 14.6. The number of carbonyl (C=O) groups is 2. The van der Waals surface area contributed by atoms with Crippen LogP contribution < -0.4 is 10.5 Å². The number of rotatable bonds is 12.